The van der Waals surface area contributed by atoms with E-state index in [2.05, 4.69) is 35.4 Å². The van der Waals surface area contributed by atoms with Gasteiger partial charge in [0.05, 0.1) is 21.6 Å². The Hall–Kier alpha value is -2.83. The number of thioether (sulfide) groups is 1. The van der Waals surface area contributed by atoms with Gasteiger partial charge in [0.1, 0.15) is 0 Å². The summed E-state index contributed by atoms with van der Waals surface area (Å²) in [5.41, 5.74) is 11.1. The lowest BCUT2D eigenvalue weighted by Gasteiger charge is -2.08. The molecule has 4 nitrogen and oxygen atoms in total. The summed E-state index contributed by atoms with van der Waals surface area (Å²) in [6.07, 6.45) is 0. The third-order valence-electron chi connectivity index (χ3n) is 4.31. The van der Waals surface area contributed by atoms with Crippen molar-refractivity contribution in [2.24, 2.45) is 0 Å². The Labute approximate surface area is 171 Å². The normalized spacial score (nSPS) is 10.9. The van der Waals surface area contributed by atoms with Crippen LogP contribution < -0.4 is 11.1 Å². The van der Waals surface area contributed by atoms with Crippen LogP contribution in [0.5, 0.6) is 0 Å². The second kappa shape index (κ2) is 8.04. The van der Waals surface area contributed by atoms with Crippen LogP contribution in [-0.2, 0) is 5.75 Å². The van der Waals surface area contributed by atoms with E-state index < -0.39 is 0 Å². The first kappa shape index (κ1) is 18.5. The largest absolute Gasteiger partial charge is 0.397 e. The molecule has 3 aromatic carbocycles. The number of nitrogens with two attached hydrogens (primary N) is 1. The number of rotatable bonds is 5. The van der Waals surface area contributed by atoms with Crippen molar-refractivity contribution in [2.45, 2.75) is 17.0 Å². The van der Waals surface area contributed by atoms with Crippen molar-refractivity contribution in [3.8, 4) is 0 Å². The van der Waals surface area contributed by atoms with E-state index in [-0.39, 0.29) is 5.91 Å². The van der Waals surface area contributed by atoms with E-state index in [9.17, 15) is 4.79 Å². The number of benzene rings is 3. The predicted octanol–water partition coefficient (Wildman–Crippen LogP) is 5.73. The van der Waals surface area contributed by atoms with E-state index in [1.165, 1.54) is 10.3 Å². The average Bonchev–Trinajstić information content (AvgIpc) is 3.10. The van der Waals surface area contributed by atoms with Gasteiger partial charge in [-0.1, -0.05) is 42.1 Å². The van der Waals surface area contributed by atoms with E-state index in [1.807, 2.05) is 36.4 Å². The summed E-state index contributed by atoms with van der Waals surface area (Å²) in [6, 6.07) is 21.2. The number of nitrogen functional groups attached to an aromatic ring is 1. The summed E-state index contributed by atoms with van der Waals surface area (Å²) >= 11 is 3.43. The molecule has 3 N–H and O–H groups in total. The van der Waals surface area contributed by atoms with E-state index in [0.29, 0.717) is 16.9 Å². The van der Waals surface area contributed by atoms with Crippen LogP contribution >= 0.6 is 23.1 Å². The van der Waals surface area contributed by atoms with Crippen LogP contribution in [0.3, 0.4) is 0 Å². The molecule has 0 aliphatic rings. The molecular formula is C22H19N3OS2. The topological polar surface area (TPSA) is 68.0 Å². The second-order valence-electron chi connectivity index (χ2n) is 6.48. The van der Waals surface area contributed by atoms with Gasteiger partial charge in [0.2, 0.25) is 0 Å². The van der Waals surface area contributed by atoms with Gasteiger partial charge >= 0.3 is 0 Å². The molecule has 6 heteroatoms. The van der Waals surface area contributed by atoms with Crippen molar-refractivity contribution >= 4 is 50.6 Å². The van der Waals surface area contributed by atoms with Crippen LogP contribution in [0.2, 0.25) is 0 Å². The van der Waals surface area contributed by atoms with Gasteiger partial charge in [0.15, 0.2) is 4.34 Å². The van der Waals surface area contributed by atoms with Crippen molar-refractivity contribution in [1.82, 2.24) is 4.98 Å². The van der Waals surface area contributed by atoms with Gasteiger partial charge in [-0.2, -0.15) is 0 Å². The van der Waals surface area contributed by atoms with Gasteiger partial charge in [0.25, 0.3) is 5.91 Å². The summed E-state index contributed by atoms with van der Waals surface area (Å²) in [5, 5.41) is 2.85. The summed E-state index contributed by atoms with van der Waals surface area (Å²) < 4.78 is 2.27. The minimum absolute atomic E-state index is 0.168. The molecule has 0 unspecified atom stereocenters. The Kier molecular flexibility index (Phi) is 5.32. The van der Waals surface area contributed by atoms with Crippen LogP contribution in [0.1, 0.15) is 21.5 Å². The molecule has 28 heavy (non-hydrogen) atoms. The lowest BCUT2D eigenvalue weighted by Crippen LogP contribution is -2.13. The minimum Gasteiger partial charge on any atom is -0.397 e. The number of hydrogen-bond donors (Lipinski definition) is 2. The molecule has 1 aromatic heterocycles. The molecule has 0 saturated heterocycles. The smallest absolute Gasteiger partial charge is 0.255 e. The number of carbonyl (C=O) groups is 1. The highest BCUT2D eigenvalue weighted by atomic mass is 32.2. The SMILES string of the molecule is Cc1ccc2nc(SCc3ccc(C(=O)Nc4ccccc4N)cc3)sc2c1. The number of nitrogens with zero attached hydrogens (tertiary/aromatic N) is 1. The van der Waals surface area contributed by atoms with Gasteiger partial charge < -0.3 is 11.1 Å². The highest BCUT2D eigenvalue weighted by molar-refractivity contribution is 8.00. The monoisotopic (exact) mass is 405 g/mol. The number of hydrogen-bond acceptors (Lipinski definition) is 5. The number of carbonyl (C=O) groups excluding carboxylic acids is 1. The maximum atomic E-state index is 12.4. The molecule has 0 saturated carbocycles. The van der Waals surface area contributed by atoms with Crippen molar-refractivity contribution in [3.63, 3.8) is 0 Å². The first-order valence-electron chi connectivity index (χ1n) is 8.83. The van der Waals surface area contributed by atoms with Gasteiger partial charge in [-0.15, -0.1) is 11.3 Å². The molecule has 1 heterocycles. The average molecular weight is 406 g/mol. The Bertz CT molecular complexity index is 1140. The summed E-state index contributed by atoms with van der Waals surface area (Å²) in [7, 11) is 0. The number of thiazole rings is 1. The number of amides is 1. The summed E-state index contributed by atoms with van der Waals surface area (Å²) in [4.78, 5) is 17.1. The molecule has 0 radical (unpaired) electrons. The van der Waals surface area contributed by atoms with Crippen molar-refractivity contribution in [1.29, 1.82) is 0 Å². The van der Waals surface area contributed by atoms with Crippen LogP contribution in [0, 0.1) is 6.92 Å². The molecule has 0 bridgehead atoms. The summed E-state index contributed by atoms with van der Waals surface area (Å²) in [5.74, 6) is 0.644. The van der Waals surface area contributed by atoms with Crippen LogP contribution in [0.4, 0.5) is 11.4 Å². The zero-order valence-electron chi connectivity index (χ0n) is 15.3. The van der Waals surface area contributed by atoms with Crippen molar-refractivity contribution < 1.29 is 4.79 Å². The third kappa shape index (κ3) is 4.18. The van der Waals surface area contributed by atoms with Crippen LogP contribution in [0.15, 0.2) is 71.1 Å². The molecule has 1 amide bonds. The Balaban J connectivity index is 1.40. The van der Waals surface area contributed by atoms with Gasteiger partial charge in [-0.25, -0.2) is 4.98 Å². The Morgan fingerprint density at radius 2 is 1.89 bits per heavy atom. The first-order chi connectivity index (χ1) is 13.6. The second-order valence-corrected chi connectivity index (χ2v) is 8.73. The number of anilines is 2. The van der Waals surface area contributed by atoms with E-state index in [4.69, 9.17) is 5.73 Å². The van der Waals surface area contributed by atoms with Crippen molar-refractivity contribution in [3.05, 3.63) is 83.4 Å². The fourth-order valence-electron chi connectivity index (χ4n) is 2.78. The molecular weight excluding hydrogens is 386 g/mol. The van der Waals surface area contributed by atoms with Gasteiger partial charge in [-0.3, -0.25) is 4.79 Å². The van der Waals surface area contributed by atoms with Gasteiger partial charge in [0, 0.05) is 11.3 Å². The maximum Gasteiger partial charge on any atom is 0.255 e. The fourth-order valence-corrected chi connectivity index (χ4v) is 4.90. The number of para-hydroxylation sites is 2. The van der Waals surface area contributed by atoms with E-state index in [0.717, 1.165) is 21.2 Å². The highest BCUT2D eigenvalue weighted by Crippen LogP contribution is 2.32. The van der Waals surface area contributed by atoms with Crippen molar-refractivity contribution in [2.75, 3.05) is 11.1 Å². The zero-order valence-corrected chi connectivity index (χ0v) is 16.9. The predicted molar refractivity (Wildman–Crippen MR) is 119 cm³/mol. The first-order valence-corrected chi connectivity index (χ1v) is 10.6. The highest BCUT2D eigenvalue weighted by Gasteiger charge is 2.09. The number of fused-ring (bicyclic) bond motifs is 1. The minimum atomic E-state index is -0.168. The molecule has 4 rings (SSSR count). The third-order valence-corrected chi connectivity index (χ3v) is 6.54. The quantitative estimate of drug-likeness (QED) is 0.329. The van der Waals surface area contributed by atoms with Crippen LogP contribution in [-0.4, -0.2) is 10.9 Å². The standard InChI is InChI=1S/C22H19N3OS2/c1-14-6-11-19-20(12-14)28-22(25-19)27-13-15-7-9-16(10-8-15)21(26)24-18-5-3-2-4-17(18)23/h2-12H,13,23H2,1H3,(H,24,26). The van der Waals surface area contributed by atoms with Gasteiger partial charge in [-0.05, 0) is 54.4 Å². The molecule has 0 atom stereocenters. The lowest BCUT2D eigenvalue weighted by atomic mass is 10.1. The number of aryl methyl sites for hydroxylation is 1. The number of aromatic nitrogens is 1. The molecule has 0 fully saturated rings. The Morgan fingerprint density at radius 1 is 1.11 bits per heavy atom. The lowest BCUT2D eigenvalue weighted by molar-refractivity contribution is 0.102. The fraction of sp³-hybridized carbons (Fsp3) is 0.0909. The zero-order chi connectivity index (χ0) is 19.5. The molecule has 0 aliphatic carbocycles. The molecule has 0 spiro atoms. The van der Waals surface area contributed by atoms with E-state index in [1.54, 1.807) is 35.2 Å². The van der Waals surface area contributed by atoms with E-state index >= 15 is 0 Å². The molecule has 4 aromatic rings. The number of nitrogens with one attached hydrogen (secondary N) is 1. The van der Waals surface area contributed by atoms with Crippen LogP contribution in [0.25, 0.3) is 10.2 Å². The Morgan fingerprint density at radius 3 is 2.68 bits per heavy atom. The molecule has 140 valence electrons. The summed E-state index contributed by atoms with van der Waals surface area (Å²) in [6.45, 7) is 2.09. The maximum absolute atomic E-state index is 12.4. The molecule has 0 aliphatic heterocycles.